The second kappa shape index (κ2) is 7.65. The minimum absolute atomic E-state index is 0.318. The number of rotatable bonds is 7. The first-order valence-electron chi connectivity index (χ1n) is 7.96. The minimum atomic E-state index is 0.318. The molecule has 0 radical (unpaired) electrons. The third-order valence-corrected chi connectivity index (χ3v) is 4.53. The van der Waals surface area contributed by atoms with Crippen molar-refractivity contribution in [1.29, 1.82) is 0 Å². The molecular formula is C17H28N2O. The lowest BCUT2D eigenvalue weighted by Crippen LogP contribution is -2.33. The van der Waals surface area contributed by atoms with E-state index in [4.69, 9.17) is 0 Å². The van der Waals surface area contributed by atoms with E-state index in [0.29, 0.717) is 18.6 Å². The smallest absolute Gasteiger partial charge is 0.0474 e. The molecule has 3 nitrogen and oxygen atoms in total. The van der Waals surface area contributed by atoms with Crippen LogP contribution < -0.4 is 10.2 Å². The molecule has 2 N–H and O–H groups in total. The Balaban J connectivity index is 1.87. The zero-order valence-corrected chi connectivity index (χ0v) is 12.8. The molecule has 2 unspecified atom stereocenters. The van der Waals surface area contributed by atoms with Crippen molar-refractivity contribution < 1.29 is 5.11 Å². The van der Waals surface area contributed by atoms with Crippen LogP contribution >= 0.6 is 0 Å². The number of aliphatic hydroxyl groups excluding tert-OH is 1. The predicted octanol–water partition coefficient (Wildman–Crippen LogP) is 2.78. The maximum atomic E-state index is 9.34. The predicted molar refractivity (Wildman–Crippen MR) is 85.1 cm³/mol. The average molecular weight is 276 g/mol. The fourth-order valence-corrected chi connectivity index (χ4v) is 3.19. The van der Waals surface area contributed by atoms with Crippen LogP contribution in [-0.2, 0) is 6.54 Å². The highest BCUT2D eigenvalue weighted by Gasteiger charge is 2.25. The Labute approximate surface area is 123 Å². The summed E-state index contributed by atoms with van der Waals surface area (Å²) in [6.07, 6.45) is 3.60. The minimum Gasteiger partial charge on any atom is -0.396 e. The third kappa shape index (κ3) is 3.74. The standard InChI is InChI=1S/C17H28N2O/c1-3-19(4-2)16-10-8-14(9-11-16)12-18-17-7-5-6-15(17)13-20/h8-11,15,17-18,20H,3-7,12-13H2,1-2H3. The number of hydrogen-bond acceptors (Lipinski definition) is 3. The van der Waals surface area contributed by atoms with Crippen molar-refractivity contribution in [1.82, 2.24) is 5.32 Å². The fraction of sp³-hybridized carbons (Fsp3) is 0.647. The topological polar surface area (TPSA) is 35.5 Å². The number of anilines is 1. The molecule has 0 saturated heterocycles. The number of hydrogen-bond donors (Lipinski definition) is 2. The highest BCUT2D eigenvalue weighted by atomic mass is 16.3. The van der Waals surface area contributed by atoms with Crippen LogP contribution in [0.2, 0.25) is 0 Å². The monoisotopic (exact) mass is 276 g/mol. The van der Waals surface area contributed by atoms with Gasteiger partial charge >= 0.3 is 0 Å². The Morgan fingerprint density at radius 2 is 1.85 bits per heavy atom. The van der Waals surface area contributed by atoms with Gasteiger partial charge in [-0.25, -0.2) is 0 Å². The molecule has 2 rings (SSSR count). The zero-order valence-electron chi connectivity index (χ0n) is 12.8. The van der Waals surface area contributed by atoms with Gasteiger partial charge in [0.1, 0.15) is 0 Å². The lowest BCUT2D eigenvalue weighted by molar-refractivity contribution is 0.205. The first-order valence-corrected chi connectivity index (χ1v) is 7.96. The van der Waals surface area contributed by atoms with Gasteiger partial charge in [-0.1, -0.05) is 18.6 Å². The second-order valence-corrected chi connectivity index (χ2v) is 5.70. The lowest BCUT2D eigenvalue weighted by Gasteiger charge is -2.22. The van der Waals surface area contributed by atoms with Crippen LogP contribution in [0.4, 0.5) is 5.69 Å². The van der Waals surface area contributed by atoms with E-state index in [1.165, 1.54) is 24.1 Å². The summed E-state index contributed by atoms with van der Waals surface area (Å²) < 4.78 is 0. The molecule has 112 valence electrons. The average Bonchev–Trinajstić information content (AvgIpc) is 2.95. The van der Waals surface area contributed by atoms with Crippen LogP contribution in [0.25, 0.3) is 0 Å². The molecule has 0 heterocycles. The molecule has 1 aliphatic carbocycles. The maximum absolute atomic E-state index is 9.34. The first-order chi connectivity index (χ1) is 9.78. The summed E-state index contributed by atoms with van der Waals surface area (Å²) in [6.45, 7) is 7.70. The molecule has 0 amide bonds. The molecule has 1 aromatic carbocycles. The van der Waals surface area contributed by atoms with E-state index >= 15 is 0 Å². The summed E-state index contributed by atoms with van der Waals surface area (Å²) in [5.41, 5.74) is 2.62. The van der Waals surface area contributed by atoms with Gasteiger partial charge in [0, 0.05) is 38.0 Å². The van der Waals surface area contributed by atoms with Crippen LogP contribution in [-0.4, -0.2) is 30.8 Å². The Morgan fingerprint density at radius 3 is 2.45 bits per heavy atom. The summed E-state index contributed by atoms with van der Waals surface area (Å²) in [6, 6.07) is 9.33. The van der Waals surface area contributed by atoms with Crippen LogP contribution in [0, 0.1) is 5.92 Å². The molecule has 0 spiro atoms. The normalized spacial score (nSPS) is 22.1. The van der Waals surface area contributed by atoms with Crippen molar-refractivity contribution in [3.05, 3.63) is 29.8 Å². The van der Waals surface area contributed by atoms with Crippen LogP contribution in [0.1, 0.15) is 38.7 Å². The Morgan fingerprint density at radius 1 is 1.15 bits per heavy atom. The van der Waals surface area contributed by atoms with Crippen molar-refractivity contribution >= 4 is 5.69 Å². The van der Waals surface area contributed by atoms with E-state index in [9.17, 15) is 5.11 Å². The zero-order chi connectivity index (χ0) is 14.4. The van der Waals surface area contributed by atoms with E-state index < -0.39 is 0 Å². The Kier molecular flexibility index (Phi) is 5.86. The van der Waals surface area contributed by atoms with E-state index in [2.05, 4.69) is 48.3 Å². The van der Waals surface area contributed by atoms with Gasteiger partial charge in [-0.05, 0) is 50.3 Å². The van der Waals surface area contributed by atoms with Crippen molar-refractivity contribution in [3.63, 3.8) is 0 Å². The van der Waals surface area contributed by atoms with Gasteiger partial charge in [0.2, 0.25) is 0 Å². The summed E-state index contributed by atoms with van der Waals surface area (Å²) in [5.74, 6) is 0.449. The van der Waals surface area contributed by atoms with Gasteiger partial charge < -0.3 is 15.3 Å². The number of aliphatic hydroxyl groups is 1. The number of nitrogens with zero attached hydrogens (tertiary/aromatic N) is 1. The third-order valence-electron chi connectivity index (χ3n) is 4.53. The van der Waals surface area contributed by atoms with Crippen molar-refractivity contribution in [3.8, 4) is 0 Å². The molecule has 0 bridgehead atoms. The van der Waals surface area contributed by atoms with E-state index in [1.54, 1.807) is 0 Å². The van der Waals surface area contributed by atoms with Crippen molar-refractivity contribution in [2.24, 2.45) is 5.92 Å². The SMILES string of the molecule is CCN(CC)c1ccc(CNC2CCCC2CO)cc1. The molecule has 1 aromatic rings. The lowest BCUT2D eigenvalue weighted by atomic mass is 10.0. The van der Waals surface area contributed by atoms with Gasteiger partial charge in [0.05, 0.1) is 0 Å². The van der Waals surface area contributed by atoms with Crippen molar-refractivity contribution in [2.75, 3.05) is 24.6 Å². The fourth-order valence-electron chi connectivity index (χ4n) is 3.19. The second-order valence-electron chi connectivity index (χ2n) is 5.70. The molecule has 0 aliphatic heterocycles. The molecular weight excluding hydrogens is 248 g/mol. The van der Waals surface area contributed by atoms with Gasteiger partial charge in [-0.2, -0.15) is 0 Å². The highest BCUT2D eigenvalue weighted by molar-refractivity contribution is 5.47. The van der Waals surface area contributed by atoms with E-state index in [0.717, 1.165) is 26.1 Å². The summed E-state index contributed by atoms with van der Waals surface area (Å²) in [7, 11) is 0. The molecule has 1 fully saturated rings. The molecule has 1 saturated carbocycles. The summed E-state index contributed by atoms with van der Waals surface area (Å²) in [4.78, 5) is 2.36. The Hall–Kier alpha value is -1.06. The van der Waals surface area contributed by atoms with Crippen LogP contribution in [0.5, 0.6) is 0 Å². The summed E-state index contributed by atoms with van der Waals surface area (Å²) >= 11 is 0. The maximum Gasteiger partial charge on any atom is 0.0474 e. The largest absolute Gasteiger partial charge is 0.396 e. The Bertz CT molecular complexity index is 386. The van der Waals surface area contributed by atoms with Crippen molar-refractivity contribution in [2.45, 2.75) is 45.7 Å². The quantitative estimate of drug-likeness (QED) is 0.804. The van der Waals surface area contributed by atoms with Crippen LogP contribution in [0.15, 0.2) is 24.3 Å². The molecule has 3 heteroatoms. The van der Waals surface area contributed by atoms with Gasteiger partial charge in [-0.15, -0.1) is 0 Å². The molecule has 1 aliphatic rings. The summed E-state index contributed by atoms with van der Waals surface area (Å²) in [5, 5.41) is 12.9. The molecule has 20 heavy (non-hydrogen) atoms. The number of nitrogens with one attached hydrogen (secondary N) is 1. The van der Waals surface area contributed by atoms with E-state index in [-0.39, 0.29) is 0 Å². The van der Waals surface area contributed by atoms with Gasteiger partial charge in [0.25, 0.3) is 0 Å². The van der Waals surface area contributed by atoms with Crippen LogP contribution in [0.3, 0.4) is 0 Å². The molecule has 2 atom stereocenters. The first kappa shape index (κ1) is 15.3. The number of benzene rings is 1. The van der Waals surface area contributed by atoms with Gasteiger partial charge in [0.15, 0.2) is 0 Å². The highest BCUT2D eigenvalue weighted by Crippen LogP contribution is 2.25. The van der Waals surface area contributed by atoms with Gasteiger partial charge in [-0.3, -0.25) is 0 Å². The van der Waals surface area contributed by atoms with E-state index in [1.807, 2.05) is 0 Å². The molecule has 0 aromatic heterocycles.